The van der Waals surface area contributed by atoms with E-state index in [4.69, 9.17) is 0 Å². The van der Waals surface area contributed by atoms with Crippen molar-refractivity contribution >= 4 is 34.8 Å². The van der Waals surface area contributed by atoms with Crippen LogP contribution in [0.3, 0.4) is 0 Å². The first kappa shape index (κ1) is 13.3. The van der Waals surface area contributed by atoms with Crippen molar-refractivity contribution in [2.45, 2.75) is 19.8 Å². The Morgan fingerprint density at radius 1 is 1.50 bits per heavy atom. The van der Waals surface area contributed by atoms with Gasteiger partial charge in [0, 0.05) is 0 Å². The number of amides is 1. The average molecular weight is 263 g/mol. The van der Waals surface area contributed by atoms with E-state index in [0.717, 1.165) is 17.5 Å². The van der Waals surface area contributed by atoms with Gasteiger partial charge >= 0.3 is 0 Å². The van der Waals surface area contributed by atoms with Crippen LogP contribution in [0, 0.1) is 12.8 Å². The van der Waals surface area contributed by atoms with E-state index in [2.05, 4.69) is 20.8 Å². The standard InChI is InChI=1S/C9H14N4OS.ClH/c1-6-12-13-9(15-6)11-8(14)5-10-4-7-2-3-7;/h7,10H,2-5H2,1H3,(H,11,13,14);1H. The molecule has 1 aromatic heterocycles. The van der Waals surface area contributed by atoms with Crippen LogP contribution in [0.4, 0.5) is 5.13 Å². The summed E-state index contributed by atoms with van der Waals surface area (Å²) >= 11 is 1.39. The summed E-state index contributed by atoms with van der Waals surface area (Å²) in [5.74, 6) is 0.744. The molecule has 0 saturated heterocycles. The topological polar surface area (TPSA) is 66.9 Å². The third-order valence-electron chi connectivity index (χ3n) is 2.19. The van der Waals surface area contributed by atoms with Crippen LogP contribution in [-0.2, 0) is 4.79 Å². The largest absolute Gasteiger partial charge is 0.308 e. The van der Waals surface area contributed by atoms with Crippen molar-refractivity contribution in [2.75, 3.05) is 18.4 Å². The number of rotatable bonds is 5. The molecule has 1 amide bonds. The van der Waals surface area contributed by atoms with Crippen molar-refractivity contribution < 1.29 is 4.79 Å². The Bertz CT molecular complexity index is 353. The minimum absolute atomic E-state index is 0. The Balaban J connectivity index is 0.00000128. The molecule has 1 aliphatic rings. The van der Waals surface area contributed by atoms with Gasteiger partial charge in [-0.2, -0.15) is 0 Å². The van der Waals surface area contributed by atoms with E-state index in [9.17, 15) is 4.79 Å². The first-order valence-corrected chi connectivity index (χ1v) is 5.86. The van der Waals surface area contributed by atoms with Gasteiger partial charge in [-0.05, 0) is 32.2 Å². The number of carbonyl (C=O) groups excluding carboxylic acids is 1. The summed E-state index contributed by atoms with van der Waals surface area (Å²) in [6.07, 6.45) is 2.59. The highest BCUT2D eigenvalue weighted by Crippen LogP contribution is 2.27. The first-order valence-electron chi connectivity index (χ1n) is 5.04. The van der Waals surface area contributed by atoms with Gasteiger partial charge in [0.05, 0.1) is 6.54 Å². The zero-order valence-corrected chi connectivity index (χ0v) is 10.7. The highest BCUT2D eigenvalue weighted by molar-refractivity contribution is 7.15. The smallest absolute Gasteiger partial charge is 0.240 e. The van der Waals surface area contributed by atoms with Gasteiger partial charge in [0.2, 0.25) is 11.0 Å². The number of halogens is 1. The molecule has 2 rings (SSSR count). The third kappa shape index (κ3) is 4.42. The van der Waals surface area contributed by atoms with Crippen molar-refractivity contribution in [3.63, 3.8) is 0 Å². The molecule has 0 aromatic carbocycles. The lowest BCUT2D eigenvalue weighted by atomic mass is 10.4. The lowest BCUT2D eigenvalue weighted by Crippen LogP contribution is -2.29. The van der Waals surface area contributed by atoms with Crippen LogP contribution in [0.15, 0.2) is 0 Å². The fourth-order valence-electron chi connectivity index (χ4n) is 1.22. The maximum absolute atomic E-state index is 11.4. The second-order valence-electron chi connectivity index (χ2n) is 3.75. The van der Waals surface area contributed by atoms with Gasteiger partial charge in [0.25, 0.3) is 0 Å². The lowest BCUT2D eigenvalue weighted by molar-refractivity contribution is -0.115. The van der Waals surface area contributed by atoms with Crippen molar-refractivity contribution in [3.05, 3.63) is 5.01 Å². The molecule has 7 heteroatoms. The van der Waals surface area contributed by atoms with E-state index in [-0.39, 0.29) is 18.3 Å². The van der Waals surface area contributed by atoms with Gasteiger partial charge in [-0.25, -0.2) is 0 Å². The fourth-order valence-corrected chi connectivity index (χ4v) is 1.83. The molecule has 1 heterocycles. The molecule has 0 spiro atoms. The normalized spacial score (nSPS) is 14.3. The number of aryl methyl sites for hydroxylation is 1. The zero-order chi connectivity index (χ0) is 10.7. The van der Waals surface area contributed by atoms with E-state index in [0.29, 0.717) is 11.7 Å². The molecule has 0 unspecified atom stereocenters. The van der Waals surface area contributed by atoms with Crippen LogP contribution < -0.4 is 10.6 Å². The van der Waals surface area contributed by atoms with E-state index < -0.39 is 0 Å². The Kier molecular flexibility index (Phi) is 5.11. The number of carbonyl (C=O) groups is 1. The Morgan fingerprint density at radius 2 is 2.25 bits per heavy atom. The predicted molar refractivity (Wildman–Crippen MR) is 66.1 cm³/mol. The summed E-state index contributed by atoms with van der Waals surface area (Å²) in [4.78, 5) is 11.4. The Labute approximate surface area is 104 Å². The summed E-state index contributed by atoms with van der Waals surface area (Å²) < 4.78 is 0. The number of hydrogen-bond acceptors (Lipinski definition) is 5. The average Bonchev–Trinajstić information content (AvgIpc) is 2.91. The molecule has 1 aromatic rings. The van der Waals surface area contributed by atoms with E-state index in [1.165, 1.54) is 24.2 Å². The molecule has 90 valence electrons. The highest BCUT2D eigenvalue weighted by atomic mass is 35.5. The predicted octanol–water partition coefficient (Wildman–Crippen LogP) is 1.21. The van der Waals surface area contributed by atoms with Crippen LogP contribution in [0.5, 0.6) is 0 Å². The molecule has 2 N–H and O–H groups in total. The van der Waals surface area contributed by atoms with Crippen LogP contribution >= 0.6 is 23.7 Å². The molecule has 1 aliphatic carbocycles. The third-order valence-corrected chi connectivity index (χ3v) is 2.94. The molecular formula is C9H15ClN4OS. The second kappa shape index (κ2) is 6.12. The number of anilines is 1. The zero-order valence-electron chi connectivity index (χ0n) is 9.02. The van der Waals surface area contributed by atoms with Gasteiger partial charge in [-0.3, -0.25) is 10.1 Å². The Morgan fingerprint density at radius 3 is 2.81 bits per heavy atom. The van der Waals surface area contributed by atoms with Gasteiger partial charge < -0.3 is 5.32 Å². The van der Waals surface area contributed by atoms with Crippen LogP contribution in [0.25, 0.3) is 0 Å². The molecule has 0 aliphatic heterocycles. The van der Waals surface area contributed by atoms with E-state index in [1.54, 1.807) is 0 Å². The first-order chi connectivity index (χ1) is 7.24. The maximum Gasteiger partial charge on any atom is 0.240 e. The molecule has 0 bridgehead atoms. The summed E-state index contributed by atoms with van der Waals surface area (Å²) in [7, 11) is 0. The van der Waals surface area contributed by atoms with Gasteiger partial charge in [-0.15, -0.1) is 22.6 Å². The second-order valence-corrected chi connectivity index (χ2v) is 4.93. The summed E-state index contributed by atoms with van der Waals surface area (Å²) in [5.41, 5.74) is 0. The lowest BCUT2D eigenvalue weighted by Gasteiger charge is -2.02. The van der Waals surface area contributed by atoms with Crippen molar-refractivity contribution in [1.29, 1.82) is 0 Å². The number of aromatic nitrogens is 2. The van der Waals surface area contributed by atoms with Gasteiger partial charge in [0.15, 0.2) is 0 Å². The number of hydrogen-bond donors (Lipinski definition) is 2. The molecular weight excluding hydrogens is 248 g/mol. The highest BCUT2D eigenvalue weighted by Gasteiger charge is 2.20. The van der Waals surface area contributed by atoms with Crippen molar-refractivity contribution in [2.24, 2.45) is 5.92 Å². The summed E-state index contributed by atoms with van der Waals surface area (Å²) in [5, 5.41) is 14.9. The number of nitrogens with zero attached hydrogens (tertiary/aromatic N) is 2. The van der Waals surface area contributed by atoms with Gasteiger partial charge in [-0.1, -0.05) is 11.3 Å². The summed E-state index contributed by atoms with van der Waals surface area (Å²) in [6.45, 7) is 3.16. The Hall–Kier alpha value is -0.720. The van der Waals surface area contributed by atoms with Crippen LogP contribution in [0.2, 0.25) is 0 Å². The van der Waals surface area contributed by atoms with Crippen molar-refractivity contribution in [1.82, 2.24) is 15.5 Å². The summed E-state index contributed by atoms with van der Waals surface area (Å²) in [6, 6.07) is 0. The molecule has 1 saturated carbocycles. The minimum atomic E-state index is -0.0493. The van der Waals surface area contributed by atoms with E-state index >= 15 is 0 Å². The SMILES string of the molecule is Cc1nnc(NC(=O)CNCC2CC2)s1.Cl. The van der Waals surface area contributed by atoms with Gasteiger partial charge in [0.1, 0.15) is 5.01 Å². The van der Waals surface area contributed by atoms with Crippen LogP contribution in [-0.4, -0.2) is 29.2 Å². The van der Waals surface area contributed by atoms with E-state index in [1.807, 2.05) is 6.92 Å². The molecule has 0 radical (unpaired) electrons. The fraction of sp³-hybridized carbons (Fsp3) is 0.667. The molecule has 1 fully saturated rings. The van der Waals surface area contributed by atoms with Crippen molar-refractivity contribution in [3.8, 4) is 0 Å². The molecule has 5 nitrogen and oxygen atoms in total. The quantitative estimate of drug-likeness (QED) is 0.837. The molecule has 16 heavy (non-hydrogen) atoms. The minimum Gasteiger partial charge on any atom is -0.308 e. The van der Waals surface area contributed by atoms with Crippen LogP contribution in [0.1, 0.15) is 17.8 Å². The molecule has 0 atom stereocenters. The maximum atomic E-state index is 11.4. The monoisotopic (exact) mass is 262 g/mol. The number of nitrogens with one attached hydrogen (secondary N) is 2.